The van der Waals surface area contributed by atoms with Crippen molar-refractivity contribution in [2.45, 2.75) is 45.4 Å². The van der Waals surface area contributed by atoms with Crippen LogP contribution in [-0.4, -0.2) is 80.2 Å². The van der Waals surface area contributed by atoms with Crippen LogP contribution in [0.25, 0.3) is 50.4 Å². The number of aromatic amines is 2. The van der Waals surface area contributed by atoms with Crippen molar-refractivity contribution in [2.24, 2.45) is 0 Å². The molecule has 0 atom stereocenters. The van der Waals surface area contributed by atoms with E-state index in [1.165, 1.54) is 37.6 Å². The smallest absolute Gasteiger partial charge is 0.181 e. The molecule has 238 valence electrons. The van der Waals surface area contributed by atoms with Crippen LogP contribution >= 0.6 is 0 Å². The Bertz CT molecular complexity index is 1890. The van der Waals surface area contributed by atoms with Crippen LogP contribution in [-0.2, 0) is 6.42 Å². The van der Waals surface area contributed by atoms with Crippen LogP contribution < -0.4 is 0 Å². The van der Waals surface area contributed by atoms with Crippen LogP contribution in [0.2, 0.25) is 0 Å². The van der Waals surface area contributed by atoms with Gasteiger partial charge in [0.1, 0.15) is 17.0 Å². The summed E-state index contributed by atoms with van der Waals surface area (Å²) in [5, 5.41) is 8.48. The zero-order valence-corrected chi connectivity index (χ0v) is 27.1. The Morgan fingerprint density at radius 1 is 1.11 bits per heavy atom. The van der Waals surface area contributed by atoms with Gasteiger partial charge in [-0.3, -0.25) is 10.1 Å². The number of H-pyrrole nitrogens is 2. The maximum absolute atomic E-state index is 14.8. The van der Waals surface area contributed by atoms with Crippen LogP contribution in [0.3, 0.4) is 0 Å². The Morgan fingerprint density at radius 2 is 1.96 bits per heavy atom. The molecule has 1 fully saturated rings. The van der Waals surface area contributed by atoms with Gasteiger partial charge in [-0.1, -0.05) is 24.8 Å². The van der Waals surface area contributed by atoms with Crippen molar-refractivity contribution in [1.82, 2.24) is 39.9 Å². The first-order valence-electron chi connectivity index (χ1n) is 16.3. The Labute approximate surface area is 270 Å². The highest BCUT2D eigenvalue weighted by Gasteiger charge is 2.18. The summed E-state index contributed by atoms with van der Waals surface area (Å²) in [4.78, 5) is 22.4. The van der Waals surface area contributed by atoms with E-state index in [-0.39, 0.29) is 5.82 Å². The molecule has 0 radical (unpaired) electrons. The third-order valence-electron chi connectivity index (χ3n) is 8.74. The lowest BCUT2D eigenvalue weighted by atomic mass is 10.0. The third-order valence-corrected chi connectivity index (χ3v) is 8.74. The topological polar surface area (TPSA) is 89.6 Å². The van der Waals surface area contributed by atoms with E-state index < -0.39 is 0 Å². The number of aryl methyl sites for hydroxylation is 1. The predicted molar refractivity (Wildman–Crippen MR) is 186 cm³/mol. The van der Waals surface area contributed by atoms with E-state index in [0.717, 1.165) is 72.1 Å². The van der Waals surface area contributed by atoms with Crippen molar-refractivity contribution in [2.75, 3.05) is 40.3 Å². The summed E-state index contributed by atoms with van der Waals surface area (Å²) in [5.41, 5.74) is 8.44. The maximum Gasteiger partial charge on any atom is 0.181 e. The van der Waals surface area contributed by atoms with E-state index in [9.17, 15) is 4.39 Å². The van der Waals surface area contributed by atoms with Crippen LogP contribution in [0, 0.1) is 5.82 Å². The molecule has 46 heavy (non-hydrogen) atoms. The van der Waals surface area contributed by atoms with Gasteiger partial charge in [0.05, 0.1) is 16.6 Å². The lowest BCUT2D eigenvalue weighted by Crippen LogP contribution is -2.20. The minimum Gasteiger partial charge on any atom is -0.337 e. The molecule has 1 aromatic carbocycles. The van der Waals surface area contributed by atoms with Crippen molar-refractivity contribution in [1.29, 1.82) is 0 Å². The number of likely N-dealkylation sites (tertiary alicyclic amines) is 1. The highest BCUT2D eigenvalue weighted by atomic mass is 19.1. The molecule has 0 aliphatic carbocycles. The zero-order chi connectivity index (χ0) is 32.0. The SMILES string of the molecule is C=C/C(=C\C(=C/C)c1cnc2n[nH]c(-c3nc4c(-c5cc(F)cc(CCCN(C)C)c5)nccc4[nH]3)c2c1)CCCN1CCCC1. The fraction of sp³-hybridized carbons (Fsp3) is 0.351. The molecule has 0 bridgehead atoms. The van der Waals surface area contributed by atoms with E-state index in [4.69, 9.17) is 4.98 Å². The van der Waals surface area contributed by atoms with E-state index in [0.29, 0.717) is 28.2 Å². The van der Waals surface area contributed by atoms with Gasteiger partial charge in [0.15, 0.2) is 11.5 Å². The van der Waals surface area contributed by atoms with Gasteiger partial charge in [0.2, 0.25) is 0 Å². The molecule has 6 rings (SSSR count). The Kier molecular flexibility index (Phi) is 9.80. The van der Waals surface area contributed by atoms with Crippen LogP contribution in [0.5, 0.6) is 0 Å². The molecule has 0 saturated carbocycles. The Balaban J connectivity index is 1.28. The third kappa shape index (κ3) is 7.16. The average molecular weight is 619 g/mol. The second-order valence-electron chi connectivity index (χ2n) is 12.4. The van der Waals surface area contributed by atoms with Gasteiger partial charge in [-0.2, -0.15) is 5.10 Å². The van der Waals surface area contributed by atoms with E-state index in [1.54, 1.807) is 12.3 Å². The van der Waals surface area contributed by atoms with Crippen LogP contribution in [0.1, 0.15) is 50.2 Å². The summed E-state index contributed by atoms with van der Waals surface area (Å²) in [6.45, 7) is 10.6. The first kappa shape index (κ1) is 31.5. The standard InChI is InChI=1S/C37H43FN8/c1-5-25(11-10-18-46-16-7-8-17-46)19-27(6-2)29-23-31-34(43-44-36(31)40-24-29)37-41-32-13-14-39-33(35(32)42-37)28-20-26(21-30(38)22-28)12-9-15-45(3)4/h5-6,13-14,19-24H,1,7-12,15-18H2,2-4H3,(H,41,42)(H,40,43,44)/b25-19+,27-6+. The minimum absolute atomic E-state index is 0.273. The largest absolute Gasteiger partial charge is 0.337 e. The number of hydrogen-bond donors (Lipinski definition) is 2. The van der Waals surface area contributed by atoms with Gasteiger partial charge in [0, 0.05) is 23.5 Å². The molecule has 5 aromatic rings. The molecule has 1 saturated heterocycles. The quantitative estimate of drug-likeness (QED) is 0.132. The summed E-state index contributed by atoms with van der Waals surface area (Å²) < 4.78 is 14.8. The van der Waals surface area contributed by atoms with Crippen LogP contribution in [0.4, 0.5) is 4.39 Å². The second kappa shape index (κ2) is 14.3. The molecule has 8 nitrogen and oxygen atoms in total. The van der Waals surface area contributed by atoms with E-state index in [1.807, 2.05) is 45.4 Å². The van der Waals surface area contributed by atoms with Gasteiger partial charge in [0.25, 0.3) is 0 Å². The first-order valence-corrected chi connectivity index (χ1v) is 16.3. The lowest BCUT2D eigenvalue weighted by molar-refractivity contribution is 0.334. The number of benzene rings is 1. The van der Waals surface area contributed by atoms with Crippen molar-refractivity contribution >= 4 is 27.6 Å². The van der Waals surface area contributed by atoms with Crippen molar-refractivity contribution < 1.29 is 4.39 Å². The number of aromatic nitrogens is 6. The van der Waals surface area contributed by atoms with Gasteiger partial charge in [-0.05, 0) is 133 Å². The number of nitrogens with one attached hydrogen (secondary N) is 2. The zero-order valence-electron chi connectivity index (χ0n) is 27.1. The number of imidazole rings is 1. The maximum atomic E-state index is 14.8. The summed E-state index contributed by atoms with van der Waals surface area (Å²) in [6.07, 6.45) is 16.4. The minimum atomic E-state index is -0.273. The van der Waals surface area contributed by atoms with Gasteiger partial charge >= 0.3 is 0 Å². The number of hydrogen-bond acceptors (Lipinski definition) is 6. The highest BCUT2D eigenvalue weighted by Crippen LogP contribution is 2.32. The monoisotopic (exact) mass is 618 g/mol. The molecule has 2 N–H and O–H groups in total. The van der Waals surface area contributed by atoms with Crippen molar-refractivity contribution in [3.63, 3.8) is 0 Å². The van der Waals surface area contributed by atoms with Gasteiger partial charge < -0.3 is 14.8 Å². The molecule has 1 aliphatic heterocycles. The van der Waals surface area contributed by atoms with Gasteiger partial charge in [-0.25, -0.2) is 14.4 Å². The number of nitrogens with zero attached hydrogens (tertiary/aromatic N) is 6. The predicted octanol–water partition coefficient (Wildman–Crippen LogP) is 7.59. The van der Waals surface area contributed by atoms with Crippen molar-refractivity contribution in [3.05, 3.63) is 90.0 Å². The molecule has 1 aliphatic rings. The van der Waals surface area contributed by atoms with Crippen molar-refractivity contribution in [3.8, 4) is 22.8 Å². The number of pyridine rings is 2. The number of halogens is 1. The highest BCUT2D eigenvalue weighted by molar-refractivity contribution is 5.96. The molecule has 0 spiro atoms. The summed E-state index contributed by atoms with van der Waals surface area (Å²) in [6, 6.07) is 9.16. The fourth-order valence-electron chi connectivity index (χ4n) is 6.31. The van der Waals surface area contributed by atoms with E-state index >= 15 is 0 Å². The summed E-state index contributed by atoms with van der Waals surface area (Å²) >= 11 is 0. The second-order valence-corrected chi connectivity index (χ2v) is 12.4. The molecular weight excluding hydrogens is 575 g/mol. The van der Waals surface area contributed by atoms with Crippen LogP contribution in [0.15, 0.2) is 73.1 Å². The van der Waals surface area contributed by atoms with Gasteiger partial charge in [-0.15, -0.1) is 0 Å². The normalized spacial score (nSPS) is 14.7. The number of fused-ring (bicyclic) bond motifs is 2. The summed E-state index contributed by atoms with van der Waals surface area (Å²) in [5.74, 6) is 0.352. The summed E-state index contributed by atoms with van der Waals surface area (Å²) in [7, 11) is 4.09. The Morgan fingerprint density at radius 3 is 2.74 bits per heavy atom. The Hall–Kier alpha value is -4.47. The molecule has 4 aromatic heterocycles. The molecule has 5 heterocycles. The molecule has 0 amide bonds. The molecule has 9 heteroatoms. The number of allylic oxidation sites excluding steroid dienone is 5. The van der Waals surface area contributed by atoms with E-state index in [2.05, 4.69) is 59.7 Å². The average Bonchev–Trinajstić information content (AvgIpc) is 3.81. The molecule has 0 unspecified atom stereocenters. The number of rotatable bonds is 13. The first-order chi connectivity index (χ1) is 22.4. The molecular formula is C37H43FN8. The fourth-order valence-corrected chi connectivity index (χ4v) is 6.31. The lowest BCUT2D eigenvalue weighted by Gasteiger charge is -2.14.